The molecule has 0 aromatic rings. The molecule has 20 heavy (non-hydrogen) atoms. The number of hydrogen-bond acceptors (Lipinski definition) is 4. The summed E-state index contributed by atoms with van der Waals surface area (Å²) in [4.78, 5) is 27.4. The first-order chi connectivity index (χ1) is 9.40. The Hall–Kier alpha value is -1.88. The number of nitrogens with one attached hydrogen (secondary N) is 1. The van der Waals surface area contributed by atoms with Gasteiger partial charge in [0.1, 0.15) is 5.16 Å². The number of carbonyl (C=O) groups excluding carboxylic acids is 2. The number of methoxy groups -OCH3 is 1. The summed E-state index contributed by atoms with van der Waals surface area (Å²) in [5, 5.41) is 2.93. The van der Waals surface area contributed by atoms with E-state index in [9.17, 15) is 9.59 Å². The van der Waals surface area contributed by atoms with E-state index in [-0.39, 0.29) is 12.3 Å². The summed E-state index contributed by atoms with van der Waals surface area (Å²) >= 11 is 5.77. The second-order valence-electron chi connectivity index (χ2n) is 4.28. The van der Waals surface area contributed by atoms with Gasteiger partial charge in [-0.05, 0) is 19.4 Å². The van der Waals surface area contributed by atoms with E-state index in [4.69, 9.17) is 16.3 Å². The highest BCUT2D eigenvalue weighted by Crippen LogP contribution is 2.29. The van der Waals surface area contributed by atoms with E-state index in [2.05, 4.69) is 16.9 Å². The Balaban J connectivity index is 3.09. The molecule has 0 radical (unpaired) electrons. The molecule has 6 heteroatoms. The van der Waals surface area contributed by atoms with Crippen LogP contribution in [0.1, 0.15) is 20.3 Å². The van der Waals surface area contributed by atoms with Crippen LogP contribution in [0.3, 0.4) is 0 Å². The summed E-state index contributed by atoms with van der Waals surface area (Å²) < 4.78 is 4.75. The number of aliphatic imine (C=N–C) groups is 1. The summed E-state index contributed by atoms with van der Waals surface area (Å²) in [5.41, 5.74) is 1.39. The van der Waals surface area contributed by atoms with Gasteiger partial charge in [0.15, 0.2) is 0 Å². The Labute approximate surface area is 123 Å². The zero-order chi connectivity index (χ0) is 15.3. The quantitative estimate of drug-likeness (QED) is 0.492. The average Bonchev–Trinajstić information content (AvgIpc) is 2.42. The second-order valence-corrected chi connectivity index (χ2v) is 4.67. The van der Waals surface area contributed by atoms with Crippen LogP contribution in [0.4, 0.5) is 0 Å². The Kier molecular flexibility index (Phi) is 5.70. The van der Waals surface area contributed by atoms with Crippen LogP contribution in [0.5, 0.6) is 0 Å². The van der Waals surface area contributed by atoms with Crippen LogP contribution < -0.4 is 5.32 Å². The first-order valence-corrected chi connectivity index (χ1v) is 6.42. The summed E-state index contributed by atoms with van der Waals surface area (Å²) in [6.07, 6.45) is 3.21. The zero-order valence-corrected chi connectivity index (χ0v) is 12.5. The fraction of sp³-hybridized carbons (Fsp3) is 0.357. The molecule has 0 saturated carbocycles. The van der Waals surface area contributed by atoms with Gasteiger partial charge in [-0.2, -0.15) is 0 Å². The number of halogens is 1. The summed E-state index contributed by atoms with van der Waals surface area (Å²) in [7, 11) is 1.30. The number of allylic oxidation sites excluding steroid dienone is 3. The Bertz CT molecular complexity index is 533. The number of rotatable bonds is 4. The van der Waals surface area contributed by atoms with E-state index in [1.807, 2.05) is 0 Å². The number of nitrogens with zero attached hydrogens (tertiary/aromatic N) is 1. The molecule has 1 aliphatic heterocycles. The van der Waals surface area contributed by atoms with Crippen molar-refractivity contribution in [2.45, 2.75) is 20.3 Å². The normalized spacial score (nSPS) is 20.1. The van der Waals surface area contributed by atoms with Crippen molar-refractivity contribution >= 4 is 29.7 Å². The van der Waals surface area contributed by atoms with Gasteiger partial charge in [0.25, 0.3) is 0 Å². The molecule has 0 spiro atoms. The highest BCUT2D eigenvalue weighted by atomic mass is 35.5. The molecule has 0 fully saturated rings. The molecule has 1 atom stereocenters. The maximum absolute atomic E-state index is 11.8. The summed E-state index contributed by atoms with van der Waals surface area (Å²) in [6, 6.07) is 0. The van der Waals surface area contributed by atoms with Gasteiger partial charge in [0.2, 0.25) is 5.91 Å². The predicted molar refractivity (Wildman–Crippen MR) is 78.2 cm³/mol. The van der Waals surface area contributed by atoms with Gasteiger partial charge in [-0.1, -0.05) is 24.3 Å². The first-order valence-electron chi connectivity index (χ1n) is 6.04. The lowest BCUT2D eigenvalue weighted by atomic mass is 9.85. The van der Waals surface area contributed by atoms with Gasteiger partial charge in [0, 0.05) is 24.3 Å². The van der Waals surface area contributed by atoms with Gasteiger partial charge < -0.3 is 10.1 Å². The molecule has 0 saturated heterocycles. The van der Waals surface area contributed by atoms with Crippen LogP contribution in [0.15, 0.2) is 39.6 Å². The van der Waals surface area contributed by atoms with Crippen molar-refractivity contribution in [3.63, 3.8) is 0 Å². The van der Waals surface area contributed by atoms with Gasteiger partial charge in [-0.25, -0.2) is 9.79 Å². The number of hydrogen-bond donors (Lipinski definition) is 1. The van der Waals surface area contributed by atoms with E-state index < -0.39 is 11.9 Å². The molecular formula is C14H17ClN2O3. The monoisotopic (exact) mass is 296 g/mol. The second kappa shape index (κ2) is 7.05. The van der Waals surface area contributed by atoms with Gasteiger partial charge in [0.05, 0.1) is 12.7 Å². The topological polar surface area (TPSA) is 67.8 Å². The van der Waals surface area contributed by atoms with E-state index in [0.717, 1.165) is 0 Å². The highest BCUT2D eigenvalue weighted by Gasteiger charge is 2.32. The molecule has 1 heterocycles. The number of carbonyl (C=O) groups is 2. The number of amides is 1. The molecule has 0 bridgehead atoms. The lowest BCUT2D eigenvalue weighted by Crippen LogP contribution is -2.35. The minimum Gasteiger partial charge on any atom is -0.466 e. The maximum Gasteiger partial charge on any atom is 0.336 e. The summed E-state index contributed by atoms with van der Waals surface area (Å²) in [5.74, 6) is -1.12. The van der Waals surface area contributed by atoms with Crippen LogP contribution in [0, 0.1) is 5.92 Å². The van der Waals surface area contributed by atoms with Crippen LogP contribution in [-0.4, -0.2) is 25.2 Å². The third-order valence-corrected chi connectivity index (χ3v) is 3.23. The van der Waals surface area contributed by atoms with Crippen molar-refractivity contribution < 1.29 is 14.3 Å². The van der Waals surface area contributed by atoms with Crippen molar-refractivity contribution in [1.29, 1.82) is 0 Å². The van der Waals surface area contributed by atoms with E-state index in [1.54, 1.807) is 19.9 Å². The Morgan fingerprint density at radius 3 is 2.80 bits per heavy atom. The van der Waals surface area contributed by atoms with Crippen molar-refractivity contribution in [3.8, 4) is 0 Å². The van der Waals surface area contributed by atoms with Crippen molar-refractivity contribution in [2.24, 2.45) is 10.9 Å². The lowest BCUT2D eigenvalue weighted by Gasteiger charge is -2.26. The van der Waals surface area contributed by atoms with Gasteiger partial charge in [-0.15, -0.1) is 0 Å². The molecule has 1 amide bonds. The summed E-state index contributed by atoms with van der Waals surface area (Å²) in [6.45, 7) is 7.27. The van der Waals surface area contributed by atoms with E-state index >= 15 is 0 Å². The smallest absolute Gasteiger partial charge is 0.336 e. The largest absolute Gasteiger partial charge is 0.466 e. The maximum atomic E-state index is 11.8. The minimum absolute atomic E-state index is 0.125. The molecular weight excluding hydrogens is 280 g/mol. The molecule has 5 nitrogen and oxygen atoms in total. The van der Waals surface area contributed by atoms with Crippen molar-refractivity contribution in [1.82, 2.24) is 5.32 Å². The average molecular weight is 297 g/mol. The fourth-order valence-corrected chi connectivity index (χ4v) is 1.96. The Morgan fingerprint density at radius 2 is 2.25 bits per heavy atom. The molecule has 0 unspecified atom stereocenters. The van der Waals surface area contributed by atoms with Gasteiger partial charge >= 0.3 is 5.97 Å². The molecule has 1 N–H and O–H groups in total. The van der Waals surface area contributed by atoms with Crippen molar-refractivity contribution in [3.05, 3.63) is 34.7 Å². The van der Waals surface area contributed by atoms with Crippen LogP contribution in [0.25, 0.3) is 0 Å². The van der Waals surface area contributed by atoms with Crippen molar-refractivity contribution in [2.75, 3.05) is 7.11 Å². The fourth-order valence-electron chi connectivity index (χ4n) is 1.91. The third-order valence-electron chi connectivity index (χ3n) is 2.91. The molecule has 1 aliphatic rings. The van der Waals surface area contributed by atoms with Crippen LogP contribution in [0.2, 0.25) is 0 Å². The zero-order valence-electron chi connectivity index (χ0n) is 11.7. The number of esters is 1. The molecule has 0 aliphatic carbocycles. The standard InChI is InChI=1S/C14H17ClN2O3/c1-5-11(15)16-7-8(2)10-6-12(18)17-9(3)13(10)14(19)20-4/h5,7,10H,2,6H2,1,3-4H3,(H,17,18)/b11-5-,16-7?/t10-/m0/s1. The first kappa shape index (κ1) is 16.2. The molecule has 0 aromatic carbocycles. The lowest BCUT2D eigenvalue weighted by molar-refractivity contribution is -0.137. The highest BCUT2D eigenvalue weighted by molar-refractivity contribution is 6.29. The molecule has 108 valence electrons. The minimum atomic E-state index is -0.487. The van der Waals surface area contributed by atoms with E-state index in [1.165, 1.54) is 13.3 Å². The SMILES string of the molecule is C=C(C=N/C(Cl)=C\C)[C@@H]1CC(=O)NC(C)=C1C(=O)OC. The number of ether oxygens (including phenoxy) is 1. The molecule has 0 aromatic heterocycles. The molecule has 1 rings (SSSR count). The Morgan fingerprint density at radius 1 is 1.60 bits per heavy atom. The predicted octanol–water partition coefficient (Wildman–Crippen LogP) is 2.30. The third kappa shape index (κ3) is 3.81. The van der Waals surface area contributed by atoms with Crippen LogP contribution >= 0.6 is 11.6 Å². The van der Waals surface area contributed by atoms with E-state index in [0.29, 0.717) is 22.0 Å². The van der Waals surface area contributed by atoms with Gasteiger partial charge in [-0.3, -0.25) is 4.79 Å². The van der Waals surface area contributed by atoms with Crippen LogP contribution in [-0.2, 0) is 14.3 Å².